The monoisotopic (exact) mass is 459 g/mol. The Morgan fingerprint density at radius 2 is 0.794 bits per heavy atom. The quantitative estimate of drug-likeness (QED) is 0.389. The highest BCUT2D eigenvalue weighted by Crippen LogP contribution is 2.43. The van der Waals surface area contributed by atoms with Gasteiger partial charge < -0.3 is 4.90 Å². The predicted molar refractivity (Wildman–Crippen MR) is 151 cm³/mol. The molecule has 34 heavy (non-hydrogen) atoms. The van der Waals surface area contributed by atoms with Crippen LogP contribution in [0.5, 0.6) is 0 Å². The van der Waals surface area contributed by atoms with Crippen molar-refractivity contribution in [3.05, 3.63) is 94.2 Å². The van der Waals surface area contributed by atoms with Crippen LogP contribution in [0.4, 0.5) is 0 Å². The highest BCUT2D eigenvalue weighted by atomic mass is 15.3. The van der Waals surface area contributed by atoms with Crippen LogP contribution >= 0.6 is 0 Å². The van der Waals surface area contributed by atoms with E-state index in [-0.39, 0.29) is 21.9 Å². The third kappa shape index (κ3) is 6.23. The molecule has 0 radical (unpaired) electrons. The smallest absolute Gasteiger partial charge is 0.0603 e. The maximum absolute atomic E-state index is 2.59. The van der Waals surface area contributed by atoms with Crippen LogP contribution in [0.3, 0.4) is 0 Å². The lowest BCUT2D eigenvalue weighted by molar-refractivity contribution is 0.0496. The standard InChI is InChI=1S/C33H49N/c1-24(2)14-15-25(3)34(32(10,11)28-20-16-26(17-21-28)30(4,5)6)33(12,13)29-22-18-27(19-23-29)31(7,8)9/h14-23H,1-13H3/b25-15+. The van der Waals surface area contributed by atoms with Gasteiger partial charge in [0.05, 0.1) is 11.1 Å². The molecule has 0 spiro atoms. The summed E-state index contributed by atoms with van der Waals surface area (Å²) in [7, 11) is 0. The van der Waals surface area contributed by atoms with Crippen LogP contribution in [-0.2, 0) is 21.9 Å². The maximum atomic E-state index is 2.59. The Morgan fingerprint density at radius 3 is 1.06 bits per heavy atom. The molecule has 2 rings (SSSR count). The Hall–Kier alpha value is -2.28. The van der Waals surface area contributed by atoms with Crippen LogP contribution in [-0.4, -0.2) is 4.90 Å². The zero-order valence-electron chi connectivity index (χ0n) is 24.2. The lowest BCUT2D eigenvalue weighted by atomic mass is 9.80. The van der Waals surface area contributed by atoms with Crippen molar-refractivity contribution in [1.82, 2.24) is 4.90 Å². The van der Waals surface area contributed by atoms with Gasteiger partial charge in [-0.3, -0.25) is 0 Å². The number of benzene rings is 2. The van der Waals surface area contributed by atoms with E-state index < -0.39 is 0 Å². The highest BCUT2D eigenvalue weighted by molar-refractivity contribution is 5.36. The minimum absolute atomic E-state index is 0.149. The van der Waals surface area contributed by atoms with Gasteiger partial charge in [-0.25, -0.2) is 0 Å². The lowest BCUT2D eigenvalue weighted by Crippen LogP contribution is -2.51. The van der Waals surface area contributed by atoms with Crippen molar-refractivity contribution in [3.63, 3.8) is 0 Å². The van der Waals surface area contributed by atoms with Gasteiger partial charge in [0.25, 0.3) is 0 Å². The summed E-state index contributed by atoms with van der Waals surface area (Å²) in [6, 6.07) is 18.5. The number of nitrogens with zero attached hydrogens (tertiary/aromatic N) is 1. The molecule has 186 valence electrons. The van der Waals surface area contributed by atoms with Gasteiger partial charge in [0.1, 0.15) is 0 Å². The first-order valence-corrected chi connectivity index (χ1v) is 12.7. The molecular formula is C33H49N. The number of rotatable bonds is 6. The first-order chi connectivity index (χ1) is 15.4. The summed E-state index contributed by atoms with van der Waals surface area (Å²) in [5, 5.41) is 0. The Labute approximate surface area is 211 Å². The summed E-state index contributed by atoms with van der Waals surface area (Å²) in [5.41, 5.74) is 7.83. The molecule has 0 aromatic heterocycles. The zero-order chi connectivity index (χ0) is 26.1. The lowest BCUT2D eigenvalue weighted by Gasteiger charge is -2.52. The normalized spacial score (nSPS) is 13.6. The van der Waals surface area contributed by atoms with Crippen molar-refractivity contribution in [2.75, 3.05) is 0 Å². The molecule has 2 aromatic carbocycles. The van der Waals surface area contributed by atoms with Gasteiger partial charge in [0.2, 0.25) is 0 Å². The van der Waals surface area contributed by atoms with Crippen LogP contribution < -0.4 is 0 Å². The molecule has 0 heterocycles. The van der Waals surface area contributed by atoms with E-state index in [1.807, 2.05) is 0 Å². The molecule has 1 heteroatoms. The van der Waals surface area contributed by atoms with Crippen molar-refractivity contribution >= 4 is 0 Å². The summed E-state index contributed by atoms with van der Waals surface area (Å²) < 4.78 is 0. The van der Waals surface area contributed by atoms with Crippen LogP contribution in [0.15, 0.2) is 72.0 Å². The van der Waals surface area contributed by atoms with Gasteiger partial charge in [-0.1, -0.05) is 102 Å². The molecule has 0 saturated carbocycles. The fraction of sp³-hybridized carbons (Fsp3) is 0.515. The Morgan fingerprint density at radius 1 is 0.500 bits per heavy atom. The van der Waals surface area contributed by atoms with Gasteiger partial charge in [-0.2, -0.15) is 0 Å². The van der Waals surface area contributed by atoms with E-state index in [2.05, 4.69) is 156 Å². The van der Waals surface area contributed by atoms with E-state index in [1.165, 1.54) is 33.5 Å². The number of hydrogen-bond donors (Lipinski definition) is 0. The Balaban J connectivity index is 2.65. The molecule has 1 nitrogen and oxygen atoms in total. The minimum Gasteiger partial charge on any atom is -0.357 e. The van der Waals surface area contributed by atoms with Gasteiger partial charge in [-0.05, 0) is 87.6 Å². The molecular weight excluding hydrogens is 410 g/mol. The van der Waals surface area contributed by atoms with E-state index >= 15 is 0 Å². The molecule has 0 fully saturated rings. The summed E-state index contributed by atoms with van der Waals surface area (Å²) in [4.78, 5) is 2.59. The van der Waals surface area contributed by atoms with Crippen LogP contribution in [0.1, 0.15) is 112 Å². The molecule has 0 bridgehead atoms. The van der Waals surface area contributed by atoms with Crippen molar-refractivity contribution in [3.8, 4) is 0 Å². The predicted octanol–water partition coefficient (Wildman–Crippen LogP) is 9.62. The SMILES string of the molecule is CC(C)=C/C=C(\C)N(C(C)(C)c1ccc(C(C)(C)C)cc1)C(C)(C)c1ccc(C(C)(C)C)cc1. The van der Waals surface area contributed by atoms with Crippen LogP contribution in [0.2, 0.25) is 0 Å². The molecule has 2 aromatic rings. The fourth-order valence-electron chi connectivity index (χ4n) is 4.96. The summed E-state index contributed by atoms with van der Waals surface area (Å²) in [6.07, 6.45) is 4.49. The van der Waals surface area contributed by atoms with Crippen molar-refractivity contribution in [2.24, 2.45) is 0 Å². The van der Waals surface area contributed by atoms with Crippen molar-refractivity contribution < 1.29 is 0 Å². The second-order valence-corrected chi connectivity index (χ2v) is 13.2. The molecule has 0 aliphatic rings. The first-order valence-electron chi connectivity index (χ1n) is 12.7. The third-order valence-electron chi connectivity index (χ3n) is 7.04. The molecule has 0 aliphatic carbocycles. The fourth-order valence-corrected chi connectivity index (χ4v) is 4.96. The van der Waals surface area contributed by atoms with E-state index in [9.17, 15) is 0 Å². The van der Waals surface area contributed by atoms with Crippen LogP contribution in [0, 0.1) is 0 Å². The molecule has 0 unspecified atom stereocenters. The minimum atomic E-state index is -0.210. The third-order valence-corrected chi connectivity index (χ3v) is 7.04. The van der Waals surface area contributed by atoms with Gasteiger partial charge >= 0.3 is 0 Å². The van der Waals surface area contributed by atoms with Crippen molar-refractivity contribution in [2.45, 2.75) is 112 Å². The number of allylic oxidation sites excluding steroid dienone is 4. The average Bonchev–Trinajstić information content (AvgIpc) is 2.71. The average molecular weight is 460 g/mol. The van der Waals surface area contributed by atoms with Crippen LogP contribution in [0.25, 0.3) is 0 Å². The molecule has 0 aliphatic heterocycles. The topological polar surface area (TPSA) is 3.24 Å². The summed E-state index contributed by atoms with van der Waals surface area (Å²) >= 11 is 0. The molecule has 0 saturated heterocycles. The van der Waals surface area contributed by atoms with Crippen molar-refractivity contribution in [1.29, 1.82) is 0 Å². The Bertz CT molecular complexity index is 940. The van der Waals surface area contributed by atoms with Gasteiger partial charge in [0.15, 0.2) is 0 Å². The van der Waals surface area contributed by atoms with E-state index in [1.54, 1.807) is 0 Å². The molecule has 0 atom stereocenters. The van der Waals surface area contributed by atoms with E-state index in [4.69, 9.17) is 0 Å². The van der Waals surface area contributed by atoms with E-state index in [0.29, 0.717) is 0 Å². The maximum Gasteiger partial charge on any atom is 0.0603 e. The van der Waals surface area contributed by atoms with E-state index in [0.717, 1.165) is 0 Å². The number of hydrogen-bond acceptors (Lipinski definition) is 1. The zero-order valence-corrected chi connectivity index (χ0v) is 24.2. The Kier molecular flexibility index (Phi) is 8.03. The highest BCUT2D eigenvalue weighted by Gasteiger charge is 2.40. The molecule has 0 amide bonds. The first kappa shape index (κ1) is 28.0. The molecule has 0 N–H and O–H groups in total. The van der Waals surface area contributed by atoms with Gasteiger partial charge in [-0.15, -0.1) is 0 Å². The summed E-state index contributed by atoms with van der Waals surface area (Å²) in [6.45, 7) is 29.6. The van der Waals surface area contributed by atoms with Gasteiger partial charge in [0, 0.05) is 5.70 Å². The second kappa shape index (κ2) is 9.76. The largest absolute Gasteiger partial charge is 0.357 e. The summed E-state index contributed by atoms with van der Waals surface area (Å²) in [5.74, 6) is 0. The second-order valence-electron chi connectivity index (χ2n) is 13.2.